The van der Waals surface area contributed by atoms with Crippen LogP contribution in [0.25, 0.3) is 11.0 Å². The summed E-state index contributed by atoms with van der Waals surface area (Å²) in [4.78, 5) is 7.56. The van der Waals surface area contributed by atoms with E-state index in [1.165, 1.54) is 6.07 Å². The molecule has 0 fully saturated rings. The Morgan fingerprint density at radius 1 is 1.26 bits per heavy atom. The molecule has 0 aliphatic heterocycles. The number of hydrogen-bond donors (Lipinski definition) is 2. The van der Waals surface area contributed by atoms with Gasteiger partial charge < -0.3 is 10.7 Å². The number of H-pyrrole nitrogens is 1. The minimum atomic E-state index is -0.304. The Kier molecular flexibility index (Phi) is 2.98. The van der Waals surface area contributed by atoms with Gasteiger partial charge in [0.2, 0.25) is 0 Å². The second-order valence-electron chi connectivity index (χ2n) is 4.34. The Morgan fingerprint density at radius 2 is 2.05 bits per heavy atom. The molecule has 1 heterocycles. The first-order valence-electron chi connectivity index (χ1n) is 5.80. The summed E-state index contributed by atoms with van der Waals surface area (Å²) < 4.78 is 13.8. The smallest absolute Gasteiger partial charge is 0.139 e. The molecule has 1 aromatic heterocycles. The molecule has 0 saturated carbocycles. The van der Waals surface area contributed by atoms with Gasteiger partial charge in [-0.05, 0) is 33.6 Å². The van der Waals surface area contributed by atoms with Gasteiger partial charge in [0.25, 0.3) is 0 Å². The van der Waals surface area contributed by atoms with E-state index in [9.17, 15) is 4.39 Å². The van der Waals surface area contributed by atoms with Crippen LogP contribution in [-0.4, -0.2) is 9.97 Å². The topological polar surface area (TPSA) is 54.7 Å². The van der Waals surface area contributed by atoms with Gasteiger partial charge >= 0.3 is 0 Å². The summed E-state index contributed by atoms with van der Waals surface area (Å²) in [5.74, 6) is 0.465. The highest BCUT2D eigenvalue weighted by Crippen LogP contribution is 2.23. The molecule has 0 unspecified atom stereocenters. The average molecular weight is 320 g/mol. The van der Waals surface area contributed by atoms with E-state index in [0.29, 0.717) is 16.4 Å². The van der Waals surface area contributed by atoms with Crippen LogP contribution >= 0.6 is 15.9 Å². The number of hydrogen-bond acceptors (Lipinski definition) is 2. The van der Waals surface area contributed by atoms with Crippen LogP contribution in [0.2, 0.25) is 0 Å². The second kappa shape index (κ2) is 4.66. The molecule has 0 amide bonds. The molecule has 3 N–H and O–H groups in total. The fourth-order valence-electron chi connectivity index (χ4n) is 2.02. The van der Waals surface area contributed by atoms with E-state index < -0.39 is 0 Å². The lowest BCUT2D eigenvalue weighted by Crippen LogP contribution is -1.96. The monoisotopic (exact) mass is 319 g/mol. The van der Waals surface area contributed by atoms with Crippen LogP contribution in [0.15, 0.2) is 40.9 Å². The third-order valence-electron chi connectivity index (χ3n) is 2.99. The van der Waals surface area contributed by atoms with Gasteiger partial charge in [-0.25, -0.2) is 9.37 Å². The molecule has 0 aliphatic carbocycles. The Morgan fingerprint density at radius 3 is 2.84 bits per heavy atom. The standard InChI is InChI=1S/C14H11BrFN3/c15-9-6-12-13(7-10(9)16)19-14(18-12)5-8-3-1-2-4-11(8)17/h1-4,6-7H,5,17H2,(H,18,19). The predicted molar refractivity (Wildman–Crippen MR) is 77.4 cm³/mol. The van der Waals surface area contributed by atoms with Crippen molar-refractivity contribution in [1.29, 1.82) is 0 Å². The lowest BCUT2D eigenvalue weighted by molar-refractivity contribution is 0.623. The minimum Gasteiger partial charge on any atom is -0.398 e. The highest BCUT2D eigenvalue weighted by atomic mass is 79.9. The number of aromatic nitrogens is 2. The number of aromatic amines is 1. The molecule has 0 saturated heterocycles. The fraction of sp³-hybridized carbons (Fsp3) is 0.0714. The van der Waals surface area contributed by atoms with Crippen molar-refractivity contribution >= 4 is 32.7 Å². The third kappa shape index (κ3) is 2.33. The van der Waals surface area contributed by atoms with Crippen molar-refractivity contribution in [2.24, 2.45) is 0 Å². The molecule has 3 nitrogen and oxygen atoms in total. The SMILES string of the molecule is Nc1ccccc1Cc1nc2cc(Br)c(F)cc2[nH]1. The van der Waals surface area contributed by atoms with Crippen LogP contribution < -0.4 is 5.73 Å². The maximum Gasteiger partial charge on any atom is 0.139 e. The van der Waals surface area contributed by atoms with Crippen molar-refractivity contribution in [1.82, 2.24) is 9.97 Å². The van der Waals surface area contributed by atoms with Crippen molar-refractivity contribution in [3.8, 4) is 0 Å². The van der Waals surface area contributed by atoms with Crippen LogP contribution in [0.1, 0.15) is 11.4 Å². The zero-order valence-electron chi connectivity index (χ0n) is 9.95. The van der Waals surface area contributed by atoms with Crippen molar-refractivity contribution in [2.45, 2.75) is 6.42 Å². The van der Waals surface area contributed by atoms with E-state index in [2.05, 4.69) is 25.9 Å². The number of fused-ring (bicyclic) bond motifs is 1. The zero-order valence-corrected chi connectivity index (χ0v) is 11.5. The van der Waals surface area contributed by atoms with E-state index >= 15 is 0 Å². The first-order chi connectivity index (χ1) is 9.13. The molecular weight excluding hydrogens is 309 g/mol. The highest BCUT2D eigenvalue weighted by Gasteiger charge is 2.08. The van der Waals surface area contributed by atoms with Crippen LogP contribution in [0.5, 0.6) is 0 Å². The second-order valence-corrected chi connectivity index (χ2v) is 5.20. The van der Waals surface area contributed by atoms with E-state index in [1.807, 2.05) is 24.3 Å². The number of imidazole rings is 1. The molecule has 5 heteroatoms. The van der Waals surface area contributed by atoms with E-state index in [-0.39, 0.29) is 5.82 Å². The van der Waals surface area contributed by atoms with Gasteiger partial charge in [0.15, 0.2) is 0 Å². The number of anilines is 1. The van der Waals surface area contributed by atoms with Crippen LogP contribution in [-0.2, 0) is 6.42 Å². The van der Waals surface area contributed by atoms with Gasteiger partial charge in [0.1, 0.15) is 11.6 Å². The molecule has 19 heavy (non-hydrogen) atoms. The third-order valence-corrected chi connectivity index (χ3v) is 3.59. The van der Waals surface area contributed by atoms with Gasteiger partial charge in [-0.1, -0.05) is 18.2 Å². The molecule has 0 radical (unpaired) electrons. The van der Waals surface area contributed by atoms with Crippen molar-refractivity contribution in [3.63, 3.8) is 0 Å². The average Bonchev–Trinajstić information content (AvgIpc) is 2.74. The first-order valence-corrected chi connectivity index (χ1v) is 6.60. The van der Waals surface area contributed by atoms with Crippen LogP contribution in [0.3, 0.4) is 0 Å². The first kappa shape index (κ1) is 12.2. The number of rotatable bonds is 2. The fourth-order valence-corrected chi connectivity index (χ4v) is 2.35. The van der Waals surface area contributed by atoms with Crippen LogP contribution in [0, 0.1) is 5.82 Å². The van der Waals surface area contributed by atoms with Crippen molar-refractivity contribution < 1.29 is 4.39 Å². The molecule has 0 atom stereocenters. The lowest BCUT2D eigenvalue weighted by Gasteiger charge is -2.01. The summed E-state index contributed by atoms with van der Waals surface area (Å²) in [7, 11) is 0. The highest BCUT2D eigenvalue weighted by molar-refractivity contribution is 9.10. The maximum absolute atomic E-state index is 13.4. The normalized spacial score (nSPS) is 11.1. The predicted octanol–water partition coefficient (Wildman–Crippen LogP) is 3.64. The van der Waals surface area contributed by atoms with E-state index in [4.69, 9.17) is 5.73 Å². The van der Waals surface area contributed by atoms with Gasteiger partial charge in [-0.15, -0.1) is 0 Å². The molecule has 2 aromatic carbocycles. The Hall–Kier alpha value is -1.88. The molecule has 3 rings (SSSR count). The lowest BCUT2D eigenvalue weighted by atomic mass is 10.1. The Bertz CT molecular complexity index is 713. The molecule has 96 valence electrons. The summed E-state index contributed by atoms with van der Waals surface area (Å²) in [5.41, 5.74) is 9.05. The Labute approximate surface area is 117 Å². The van der Waals surface area contributed by atoms with Crippen molar-refractivity contribution in [3.05, 3.63) is 58.1 Å². The largest absolute Gasteiger partial charge is 0.398 e. The summed E-state index contributed by atoms with van der Waals surface area (Å²) >= 11 is 3.16. The van der Waals surface area contributed by atoms with E-state index in [1.54, 1.807) is 6.07 Å². The van der Waals surface area contributed by atoms with E-state index in [0.717, 1.165) is 22.6 Å². The van der Waals surface area contributed by atoms with Crippen molar-refractivity contribution in [2.75, 3.05) is 5.73 Å². The summed E-state index contributed by atoms with van der Waals surface area (Å²) in [6, 6.07) is 10.7. The number of nitrogens with two attached hydrogens (primary N) is 1. The van der Waals surface area contributed by atoms with Gasteiger partial charge in [0.05, 0.1) is 15.5 Å². The quantitative estimate of drug-likeness (QED) is 0.708. The van der Waals surface area contributed by atoms with Crippen LogP contribution in [0.4, 0.5) is 10.1 Å². The number of nitrogens with zero attached hydrogens (tertiary/aromatic N) is 1. The Balaban J connectivity index is 2.00. The number of para-hydroxylation sites is 1. The van der Waals surface area contributed by atoms with Gasteiger partial charge in [-0.3, -0.25) is 0 Å². The van der Waals surface area contributed by atoms with Gasteiger partial charge in [0, 0.05) is 18.2 Å². The molecule has 0 bridgehead atoms. The minimum absolute atomic E-state index is 0.304. The summed E-state index contributed by atoms with van der Waals surface area (Å²) in [5, 5.41) is 0. The maximum atomic E-state index is 13.4. The molecule has 0 aliphatic rings. The molecule has 3 aromatic rings. The summed E-state index contributed by atoms with van der Waals surface area (Å²) in [6.07, 6.45) is 0.598. The molecule has 0 spiro atoms. The zero-order chi connectivity index (χ0) is 13.4. The van der Waals surface area contributed by atoms with Gasteiger partial charge in [-0.2, -0.15) is 0 Å². The number of benzene rings is 2. The number of nitrogens with one attached hydrogen (secondary N) is 1. The number of nitrogen functional groups attached to an aromatic ring is 1. The number of halogens is 2. The summed E-state index contributed by atoms with van der Waals surface area (Å²) in [6.45, 7) is 0. The molecular formula is C14H11BrFN3.